The van der Waals surface area contributed by atoms with Gasteiger partial charge in [0.1, 0.15) is 6.61 Å². The Morgan fingerprint density at radius 2 is 1.64 bits per heavy atom. The van der Waals surface area contributed by atoms with Crippen molar-refractivity contribution in [1.29, 1.82) is 0 Å². The Labute approximate surface area is 196 Å². The summed E-state index contributed by atoms with van der Waals surface area (Å²) in [6.45, 7) is 6.34. The first-order valence-electron chi connectivity index (χ1n) is 12.7. The molecule has 0 aromatic rings. The van der Waals surface area contributed by atoms with Crippen molar-refractivity contribution in [2.24, 2.45) is 40.4 Å². The van der Waals surface area contributed by atoms with E-state index in [1.54, 1.807) is 0 Å². The summed E-state index contributed by atoms with van der Waals surface area (Å²) in [5.41, 5.74) is -0.354. The van der Waals surface area contributed by atoms with Gasteiger partial charge in [0.15, 0.2) is 11.9 Å². The number of carboxylic acids is 1. The van der Waals surface area contributed by atoms with Gasteiger partial charge < -0.3 is 20.1 Å². The third-order valence-corrected chi connectivity index (χ3v) is 10.4. The standard InChI is InChI=1S/C26H40O7/c1-24(32)10-11-25(2)15(13-24)4-5-16-17-6-7-19(26(17,3)9-8-18(16)25)21(28)14-33-22(29)12-20(27)23(30)31/h15-20,27,32H,4-14H2,1-3H3,(H,30,31)/t15?,16-,17-,18?,19+,20?,24+,25-,26-/m0/s1. The number of hydrogen-bond acceptors (Lipinski definition) is 6. The lowest BCUT2D eigenvalue weighted by Gasteiger charge is -2.61. The topological polar surface area (TPSA) is 121 Å². The van der Waals surface area contributed by atoms with Crippen LogP contribution in [0.25, 0.3) is 0 Å². The molecule has 0 heterocycles. The fourth-order valence-corrected chi connectivity index (χ4v) is 8.52. The summed E-state index contributed by atoms with van der Waals surface area (Å²) >= 11 is 0. The number of carbonyl (C=O) groups is 3. The van der Waals surface area contributed by atoms with Crippen LogP contribution in [0.5, 0.6) is 0 Å². The minimum Gasteiger partial charge on any atom is -0.479 e. The fraction of sp³-hybridized carbons (Fsp3) is 0.885. The Hall–Kier alpha value is -1.47. The Balaban J connectivity index is 1.41. The second-order valence-corrected chi connectivity index (χ2v) is 12.2. The van der Waals surface area contributed by atoms with Gasteiger partial charge in [-0.1, -0.05) is 13.8 Å². The molecule has 0 bridgehead atoms. The molecule has 0 spiro atoms. The molecule has 0 amide bonds. The van der Waals surface area contributed by atoms with Gasteiger partial charge in [-0.2, -0.15) is 0 Å². The molecule has 3 N–H and O–H groups in total. The number of aliphatic carboxylic acids is 1. The molecular formula is C26H40O7. The molecule has 4 aliphatic rings. The lowest BCUT2D eigenvalue weighted by molar-refractivity contribution is -0.160. The average molecular weight is 465 g/mol. The second-order valence-electron chi connectivity index (χ2n) is 12.2. The monoisotopic (exact) mass is 464 g/mol. The van der Waals surface area contributed by atoms with Crippen molar-refractivity contribution in [2.45, 2.75) is 96.7 Å². The van der Waals surface area contributed by atoms with Crippen LogP contribution in [0.4, 0.5) is 0 Å². The van der Waals surface area contributed by atoms with E-state index in [4.69, 9.17) is 9.84 Å². The van der Waals surface area contributed by atoms with E-state index in [0.717, 1.165) is 51.4 Å². The van der Waals surface area contributed by atoms with E-state index in [1.807, 2.05) is 6.92 Å². The molecule has 0 aliphatic heterocycles. The van der Waals surface area contributed by atoms with Crippen LogP contribution in [-0.4, -0.2) is 51.4 Å². The highest BCUT2D eigenvalue weighted by Gasteiger charge is 2.61. The molecule has 186 valence electrons. The SMILES string of the molecule is C[C@@]1(O)CC[C@@]2(C)C(CC[C@@H]3C2CC[C@]2(C)[C@@H](C(=O)COC(=O)CC(O)C(=O)O)CC[C@@H]32)C1. The molecule has 0 aromatic heterocycles. The lowest BCUT2D eigenvalue weighted by Crippen LogP contribution is -2.55. The van der Waals surface area contributed by atoms with Crippen molar-refractivity contribution < 1.29 is 34.4 Å². The molecule has 4 fully saturated rings. The van der Waals surface area contributed by atoms with E-state index in [-0.39, 0.29) is 29.1 Å². The van der Waals surface area contributed by atoms with Gasteiger partial charge in [0, 0.05) is 5.92 Å². The Morgan fingerprint density at radius 1 is 0.939 bits per heavy atom. The molecule has 0 saturated heterocycles. The van der Waals surface area contributed by atoms with Crippen molar-refractivity contribution in [2.75, 3.05) is 6.61 Å². The largest absolute Gasteiger partial charge is 0.479 e. The third kappa shape index (κ3) is 4.36. The lowest BCUT2D eigenvalue weighted by atomic mass is 9.44. The van der Waals surface area contributed by atoms with Crippen LogP contribution in [0, 0.1) is 40.4 Å². The van der Waals surface area contributed by atoms with E-state index in [2.05, 4.69) is 13.8 Å². The van der Waals surface area contributed by atoms with Gasteiger partial charge in [0.25, 0.3) is 0 Å². The third-order valence-electron chi connectivity index (χ3n) is 10.4. The molecule has 3 unspecified atom stereocenters. The first kappa shape index (κ1) is 24.6. The van der Waals surface area contributed by atoms with Crippen LogP contribution in [-0.2, 0) is 19.1 Å². The minimum absolute atomic E-state index is 0.0785. The van der Waals surface area contributed by atoms with Crippen LogP contribution in [0.3, 0.4) is 0 Å². The Morgan fingerprint density at radius 3 is 2.33 bits per heavy atom. The predicted molar refractivity (Wildman–Crippen MR) is 120 cm³/mol. The molecule has 4 aliphatic carbocycles. The van der Waals surface area contributed by atoms with E-state index < -0.39 is 30.1 Å². The fourth-order valence-electron chi connectivity index (χ4n) is 8.52. The summed E-state index contributed by atoms with van der Waals surface area (Å²) in [5.74, 6) is -0.231. The summed E-state index contributed by atoms with van der Waals surface area (Å²) in [6.07, 6.45) is 6.67. The zero-order valence-corrected chi connectivity index (χ0v) is 20.2. The summed E-state index contributed by atoms with van der Waals surface area (Å²) in [7, 11) is 0. The van der Waals surface area contributed by atoms with Crippen molar-refractivity contribution in [3.8, 4) is 0 Å². The highest BCUT2D eigenvalue weighted by atomic mass is 16.5. The first-order chi connectivity index (χ1) is 15.4. The van der Waals surface area contributed by atoms with E-state index in [9.17, 15) is 24.6 Å². The number of carbonyl (C=O) groups excluding carboxylic acids is 2. The molecule has 0 aromatic carbocycles. The molecule has 0 radical (unpaired) electrons. The number of aliphatic hydroxyl groups is 2. The predicted octanol–water partition coefficient (Wildman–Crippen LogP) is 3.34. The van der Waals surface area contributed by atoms with Gasteiger partial charge in [-0.05, 0) is 99.2 Å². The number of ether oxygens (including phenoxy) is 1. The Kier molecular flexibility index (Phi) is 6.45. The number of Topliss-reactive ketones (excluding diaryl/α,β-unsaturated/α-hetero) is 1. The number of ketones is 1. The molecular weight excluding hydrogens is 424 g/mol. The van der Waals surface area contributed by atoms with Crippen molar-refractivity contribution >= 4 is 17.7 Å². The number of fused-ring (bicyclic) bond motifs is 5. The molecule has 9 atom stereocenters. The van der Waals surface area contributed by atoms with Crippen LogP contribution in [0.1, 0.15) is 85.0 Å². The zero-order valence-electron chi connectivity index (χ0n) is 20.2. The molecule has 4 saturated carbocycles. The van der Waals surface area contributed by atoms with Gasteiger partial charge in [-0.15, -0.1) is 0 Å². The summed E-state index contributed by atoms with van der Waals surface area (Å²) in [4.78, 5) is 35.6. The Bertz CT molecular complexity index is 806. The normalized spacial score (nSPS) is 45.3. The van der Waals surface area contributed by atoms with Gasteiger partial charge >= 0.3 is 11.9 Å². The average Bonchev–Trinajstić information content (AvgIpc) is 3.09. The molecule has 7 heteroatoms. The quantitative estimate of drug-likeness (QED) is 0.516. The van der Waals surface area contributed by atoms with Gasteiger partial charge in [-0.25, -0.2) is 4.79 Å². The van der Waals surface area contributed by atoms with Crippen molar-refractivity contribution in [3.63, 3.8) is 0 Å². The van der Waals surface area contributed by atoms with Crippen LogP contribution in [0.15, 0.2) is 0 Å². The number of carboxylic acid groups (broad SMARTS) is 1. The maximum atomic E-state index is 13.1. The van der Waals surface area contributed by atoms with Crippen molar-refractivity contribution in [1.82, 2.24) is 0 Å². The first-order valence-corrected chi connectivity index (χ1v) is 12.7. The molecule has 4 rings (SSSR count). The van der Waals surface area contributed by atoms with E-state index >= 15 is 0 Å². The maximum Gasteiger partial charge on any atom is 0.333 e. The van der Waals surface area contributed by atoms with E-state index in [0.29, 0.717) is 23.7 Å². The highest BCUT2D eigenvalue weighted by molar-refractivity contribution is 5.86. The zero-order chi connectivity index (χ0) is 24.2. The van der Waals surface area contributed by atoms with Gasteiger partial charge in [0.2, 0.25) is 0 Å². The number of esters is 1. The van der Waals surface area contributed by atoms with Crippen LogP contribution >= 0.6 is 0 Å². The summed E-state index contributed by atoms with van der Waals surface area (Å²) in [5, 5.41) is 28.7. The van der Waals surface area contributed by atoms with E-state index in [1.165, 1.54) is 6.42 Å². The number of rotatable bonds is 6. The van der Waals surface area contributed by atoms with Gasteiger partial charge in [0.05, 0.1) is 12.0 Å². The molecule has 7 nitrogen and oxygen atoms in total. The highest BCUT2D eigenvalue weighted by Crippen LogP contribution is 2.68. The van der Waals surface area contributed by atoms with Gasteiger partial charge in [-0.3, -0.25) is 9.59 Å². The maximum absolute atomic E-state index is 13.1. The van der Waals surface area contributed by atoms with Crippen LogP contribution in [0.2, 0.25) is 0 Å². The second kappa shape index (κ2) is 8.63. The number of hydrogen-bond donors (Lipinski definition) is 3. The summed E-state index contributed by atoms with van der Waals surface area (Å²) in [6, 6.07) is 0. The minimum atomic E-state index is -1.81. The van der Waals surface area contributed by atoms with Crippen molar-refractivity contribution in [3.05, 3.63) is 0 Å². The smallest absolute Gasteiger partial charge is 0.333 e. The molecule has 33 heavy (non-hydrogen) atoms. The number of aliphatic hydroxyl groups excluding tert-OH is 1. The van der Waals surface area contributed by atoms with Crippen LogP contribution < -0.4 is 0 Å². The summed E-state index contributed by atoms with van der Waals surface area (Å²) < 4.78 is 5.04.